The molecule has 1 aromatic rings. The van der Waals surface area contributed by atoms with Crippen molar-refractivity contribution in [2.24, 2.45) is 0 Å². The van der Waals surface area contributed by atoms with Crippen molar-refractivity contribution in [2.75, 3.05) is 13.2 Å². The van der Waals surface area contributed by atoms with Crippen LogP contribution in [0.5, 0.6) is 5.75 Å². The van der Waals surface area contributed by atoms with Crippen LogP contribution in [0.1, 0.15) is 37.7 Å². The van der Waals surface area contributed by atoms with Crippen LogP contribution in [-0.2, 0) is 10.2 Å². The molecule has 98 valence electrons. The van der Waals surface area contributed by atoms with Gasteiger partial charge in [0.2, 0.25) is 0 Å². The van der Waals surface area contributed by atoms with Gasteiger partial charge in [0.15, 0.2) is 0 Å². The van der Waals surface area contributed by atoms with Gasteiger partial charge in [-0.25, -0.2) is 0 Å². The second-order valence-corrected chi connectivity index (χ2v) is 5.78. The molecule has 2 heterocycles. The summed E-state index contributed by atoms with van der Waals surface area (Å²) in [4.78, 5) is 0. The van der Waals surface area contributed by atoms with E-state index in [0.717, 1.165) is 38.7 Å². The summed E-state index contributed by atoms with van der Waals surface area (Å²) >= 11 is 0. The van der Waals surface area contributed by atoms with E-state index < -0.39 is 0 Å². The molecule has 0 spiro atoms. The third-order valence-electron chi connectivity index (χ3n) is 4.80. The number of hydrogen-bond acceptors (Lipinski definition) is 3. The molecular formula is C15H20O3. The Labute approximate surface area is 107 Å². The molecule has 1 aliphatic carbocycles. The molecule has 2 aliphatic heterocycles. The second kappa shape index (κ2) is 4.25. The highest BCUT2D eigenvalue weighted by molar-refractivity contribution is 5.34. The number of aromatic hydroxyl groups is 1. The van der Waals surface area contributed by atoms with E-state index in [0.29, 0.717) is 5.75 Å². The Morgan fingerprint density at radius 2 is 1.94 bits per heavy atom. The van der Waals surface area contributed by atoms with Crippen LogP contribution in [0.25, 0.3) is 0 Å². The van der Waals surface area contributed by atoms with Gasteiger partial charge in [0, 0.05) is 12.0 Å². The van der Waals surface area contributed by atoms with Crippen molar-refractivity contribution in [3.8, 4) is 5.75 Å². The molecule has 18 heavy (non-hydrogen) atoms. The van der Waals surface area contributed by atoms with E-state index in [1.807, 2.05) is 12.1 Å². The lowest BCUT2D eigenvalue weighted by atomic mass is 9.62. The Morgan fingerprint density at radius 1 is 1.17 bits per heavy atom. The second-order valence-electron chi connectivity index (χ2n) is 5.78. The van der Waals surface area contributed by atoms with E-state index >= 15 is 0 Å². The average Bonchev–Trinajstić information content (AvgIpc) is 2.41. The van der Waals surface area contributed by atoms with Crippen molar-refractivity contribution in [2.45, 2.75) is 43.1 Å². The Bertz CT molecular complexity index is 417. The van der Waals surface area contributed by atoms with Gasteiger partial charge in [-0.3, -0.25) is 0 Å². The molecule has 1 saturated carbocycles. The number of ether oxygens (including phenoxy) is 1. The predicted molar refractivity (Wildman–Crippen MR) is 68.6 cm³/mol. The first kappa shape index (κ1) is 12.0. The molecule has 4 rings (SSSR count). The molecule has 3 aliphatic rings. The Kier molecular flexibility index (Phi) is 2.83. The largest absolute Gasteiger partial charge is 0.508 e. The van der Waals surface area contributed by atoms with Crippen molar-refractivity contribution >= 4 is 0 Å². The minimum absolute atomic E-state index is 0.0761. The fourth-order valence-electron chi connectivity index (χ4n) is 3.50. The van der Waals surface area contributed by atoms with Gasteiger partial charge in [-0.15, -0.1) is 0 Å². The summed E-state index contributed by atoms with van der Waals surface area (Å²) in [7, 11) is 0. The van der Waals surface area contributed by atoms with Crippen LogP contribution in [0.2, 0.25) is 0 Å². The molecule has 3 heteroatoms. The molecule has 3 nitrogen and oxygen atoms in total. The third-order valence-corrected chi connectivity index (χ3v) is 4.80. The first-order valence-corrected chi connectivity index (χ1v) is 6.73. The number of aliphatic hydroxyl groups is 1. The van der Waals surface area contributed by atoms with Crippen LogP contribution >= 0.6 is 0 Å². The maximum Gasteiger partial charge on any atom is 0.115 e. The van der Waals surface area contributed by atoms with Crippen LogP contribution < -0.4 is 0 Å². The van der Waals surface area contributed by atoms with Gasteiger partial charge in [0.25, 0.3) is 0 Å². The van der Waals surface area contributed by atoms with Crippen molar-refractivity contribution in [3.63, 3.8) is 0 Å². The molecule has 0 aromatic heterocycles. The van der Waals surface area contributed by atoms with Crippen LogP contribution in [-0.4, -0.2) is 29.0 Å². The number of fused-ring (bicyclic) bond motifs is 3. The lowest BCUT2D eigenvalue weighted by Gasteiger charge is -2.53. The maximum absolute atomic E-state index is 9.63. The topological polar surface area (TPSA) is 49.7 Å². The van der Waals surface area contributed by atoms with Crippen LogP contribution in [0.3, 0.4) is 0 Å². The minimum Gasteiger partial charge on any atom is -0.508 e. The average molecular weight is 248 g/mol. The lowest BCUT2D eigenvalue weighted by molar-refractivity contribution is -0.164. The van der Waals surface area contributed by atoms with Crippen LogP contribution in [0.4, 0.5) is 0 Å². The van der Waals surface area contributed by atoms with Gasteiger partial charge in [0.05, 0.1) is 12.2 Å². The summed E-state index contributed by atoms with van der Waals surface area (Å²) < 4.78 is 6.06. The molecule has 0 unspecified atom stereocenters. The van der Waals surface area contributed by atoms with Crippen LogP contribution in [0, 0.1) is 0 Å². The zero-order valence-corrected chi connectivity index (χ0v) is 10.6. The number of benzene rings is 1. The van der Waals surface area contributed by atoms with E-state index in [1.54, 1.807) is 6.07 Å². The van der Waals surface area contributed by atoms with E-state index in [1.165, 1.54) is 5.56 Å². The third kappa shape index (κ3) is 1.82. The molecular weight excluding hydrogens is 228 g/mol. The van der Waals surface area contributed by atoms with Gasteiger partial charge in [-0.05, 0) is 49.8 Å². The Morgan fingerprint density at radius 3 is 2.50 bits per heavy atom. The number of rotatable bonds is 3. The summed E-state index contributed by atoms with van der Waals surface area (Å²) in [6, 6.07) is 7.58. The zero-order valence-electron chi connectivity index (χ0n) is 10.6. The summed E-state index contributed by atoms with van der Waals surface area (Å²) in [6.07, 6.45) is 4.97. The van der Waals surface area contributed by atoms with Gasteiger partial charge in [-0.1, -0.05) is 12.1 Å². The van der Waals surface area contributed by atoms with Crippen LogP contribution in [0.15, 0.2) is 24.3 Å². The van der Waals surface area contributed by atoms with Crippen molar-refractivity contribution in [1.29, 1.82) is 0 Å². The molecule has 3 fully saturated rings. The number of phenols is 1. The molecule has 2 bridgehead atoms. The highest BCUT2D eigenvalue weighted by Gasteiger charge is 2.50. The number of hydrogen-bond donors (Lipinski definition) is 2. The number of aliphatic hydroxyl groups excluding tert-OH is 1. The van der Waals surface area contributed by atoms with E-state index in [-0.39, 0.29) is 17.6 Å². The summed E-state index contributed by atoms with van der Waals surface area (Å²) in [5.41, 5.74) is 1.20. The van der Waals surface area contributed by atoms with E-state index in [9.17, 15) is 5.11 Å². The van der Waals surface area contributed by atoms with Gasteiger partial charge >= 0.3 is 0 Å². The van der Waals surface area contributed by atoms with Crippen molar-refractivity contribution in [3.05, 3.63) is 29.8 Å². The monoisotopic (exact) mass is 248 g/mol. The first-order chi connectivity index (χ1) is 8.68. The fourth-order valence-corrected chi connectivity index (χ4v) is 3.50. The van der Waals surface area contributed by atoms with Gasteiger partial charge in [-0.2, -0.15) is 0 Å². The molecule has 1 aromatic carbocycles. The molecule has 0 radical (unpaired) electrons. The van der Waals surface area contributed by atoms with E-state index in [4.69, 9.17) is 9.84 Å². The van der Waals surface area contributed by atoms with Gasteiger partial charge in [0.1, 0.15) is 5.75 Å². The SMILES string of the molecule is OCCC12CCC(c3cccc(O)c3)(CC1)CO2. The minimum atomic E-state index is -0.0761. The Hall–Kier alpha value is -1.06. The van der Waals surface area contributed by atoms with Gasteiger partial charge < -0.3 is 14.9 Å². The fraction of sp³-hybridized carbons (Fsp3) is 0.600. The quantitative estimate of drug-likeness (QED) is 0.863. The normalized spacial score (nSPS) is 34.7. The number of phenolic OH excluding ortho intramolecular Hbond substituents is 1. The maximum atomic E-state index is 9.63. The molecule has 2 saturated heterocycles. The smallest absolute Gasteiger partial charge is 0.115 e. The highest BCUT2D eigenvalue weighted by atomic mass is 16.5. The summed E-state index contributed by atoms with van der Waals surface area (Å²) in [5.74, 6) is 0.333. The summed E-state index contributed by atoms with van der Waals surface area (Å²) in [6.45, 7) is 0.926. The molecule has 0 amide bonds. The molecule has 0 atom stereocenters. The highest BCUT2D eigenvalue weighted by Crippen LogP contribution is 2.51. The first-order valence-electron chi connectivity index (χ1n) is 6.73. The summed E-state index contributed by atoms with van der Waals surface area (Å²) in [5, 5.41) is 18.8. The Balaban J connectivity index is 1.84. The predicted octanol–water partition coefficient (Wildman–Crippen LogP) is 2.36. The van der Waals surface area contributed by atoms with Crippen molar-refractivity contribution in [1.82, 2.24) is 0 Å². The van der Waals surface area contributed by atoms with Crippen molar-refractivity contribution < 1.29 is 14.9 Å². The zero-order chi connectivity index (χ0) is 12.6. The molecule has 2 N–H and O–H groups in total. The lowest BCUT2D eigenvalue weighted by Crippen LogP contribution is -2.53. The van der Waals surface area contributed by atoms with E-state index in [2.05, 4.69) is 6.07 Å². The standard InChI is InChI=1S/C15H20O3/c16-9-8-15-6-4-14(5-7-15,11-18-15)12-2-1-3-13(17)10-12/h1-3,10,16-17H,4-9,11H2.